The van der Waals surface area contributed by atoms with Crippen LogP contribution >= 0.6 is 0 Å². The van der Waals surface area contributed by atoms with Crippen molar-refractivity contribution >= 4 is 17.6 Å². The number of nitrogens with two attached hydrogens (primary N) is 1. The largest absolute Gasteiger partial charge is 0.544 e. The molecule has 1 amide bonds. The second-order valence-corrected chi connectivity index (χ2v) is 6.14. The molecule has 144 valence electrons. The van der Waals surface area contributed by atoms with Crippen LogP contribution in [0.4, 0.5) is 5.69 Å². The molecule has 0 saturated heterocycles. The summed E-state index contributed by atoms with van der Waals surface area (Å²) >= 11 is 0. The lowest BCUT2D eigenvalue weighted by molar-refractivity contribution is -0.698. The molecule has 7 nitrogen and oxygen atoms in total. The Kier molecular flexibility index (Phi) is 6.43. The molecule has 0 bridgehead atoms. The average Bonchev–Trinajstić information content (AvgIpc) is 3.21. The van der Waals surface area contributed by atoms with E-state index >= 15 is 0 Å². The fourth-order valence-corrected chi connectivity index (χ4v) is 2.59. The van der Waals surface area contributed by atoms with Crippen molar-refractivity contribution in [1.82, 2.24) is 0 Å². The summed E-state index contributed by atoms with van der Waals surface area (Å²) in [6.45, 7) is 0.310. The molecule has 1 atom stereocenters. The zero-order valence-electron chi connectivity index (χ0n) is 15.0. The van der Waals surface area contributed by atoms with E-state index in [1.54, 1.807) is 36.4 Å². The molecular formula is C21H20N2O5. The number of aliphatic carboxylic acids is 1. The molecule has 0 aliphatic carbocycles. The van der Waals surface area contributed by atoms with Crippen molar-refractivity contribution in [3.05, 3.63) is 78.8 Å². The fourth-order valence-electron chi connectivity index (χ4n) is 2.59. The fraction of sp³-hybridized carbons (Fsp3) is 0.143. The highest BCUT2D eigenvalue weighted by Gasteiger charge is 2.19. The molecule has 2 aromatic carbocycles. The highest BCUT2D eigenvalue weighted by atomic mass is 16.5. The van der Waals surface area contributed by atoms with Crippen LogP contribution < -0.4 is 20.5 Å². The molecule has 0 spiro atoms. The van der Waals surface area contributed by atoms with Gasteiger partial charge in [0, 0.05) is 5.69 Å². The number of para-hydroxylation sites is 1. The van der Waals surface area contributed by atoms with Crippen molar-refractivity contribution < 1.29 is 29.2 Å². The summed E-state index contributed by atoms with van der Waals surface area (Å²) in [6.07, 6.45) is 1.29. The molecular weight excluding hydrogens is 360 g/mol. The number of carbonyl (C=O) groups excluding carboxylic acids is 2. The number of carbonyl (C=O) groups is 2. The van der Waals surface area contributed by atoms with E-state index in [0.717, 1.165) is 0 Å². The number of benzene rings is 2. The van der Waals surface area contributed by atoms with E-state index in [4.69, 9.17) is 9.15 Å². The molecule has 1 heterocycles. The second-order valence-electron chi connectivity index (χ2n) is 6.14. The quantitative estimate of drug-likeness (QED) is 0.581. The first-order valence-electron chi connectivity index (χ1n) is 8.79. The number of hydrogen-bond acceptors (Lipinski definition) is 5. The molecule has 0 aliphatic rings. The number of ether oxygens (including phenoxy) is 1. The second kappa shape index (κ2) is 9.38. The third kappa shape index (κ3) is 5.72. The van der Waals surface area contributed by atoms with E-state index in [9.17, 15) is 14.7 Å². The topological polar surface area (TPSA) is 108 Å². The number of furan rings is 1. The molecule has 3 rings (SSSR count). The van der Waals surface area contributed by atoms with Gasteiger partial charge in [-0.3, -0.25) is 4.79 Å². The Balaban J connectivity index is 1.52. The minimum atomic E-state index is -1.30. The predicted octanol–water partition coefficient (Wildman–Crippen LogP) is 1.28. The number of amides is 1. The summed E-state index contributed by atoms with van der Waals surface area (Å²) in [5, 5.41) is 15.5. The Morgan fingerprint density at radius 2 is 1.71 bits per heavy atom. The Bertz CT molecular complexity index is 892. The van der Waals surface area contributed by atoms with Crippen molar-refractivity contribution in [2.45, 2.75) is 19.0 Å². The molecule has 0 fully saturated rings. The molecule has 7 heteroatoms. The van der Waals surface area contributed by atoms with Crippen LogP contribution in [0, 0.1) is 0 Å². The molecule has 1 aromatic heterocycles. The van der Waals surface area contributed by atoms with Gasteiger partial charge >= 0.3 is 0 Å². The number of nitrogens with one attached hydrogen (secondary N) is 1. The SMILES string of the molecule is O=C(C[C@@H]([NH2+]Cc1ccco1)C(=O)[O-])Nc1ccc(Oc2ccccc2)cc1. The molecule has 0 saturated carbocycles. The van der Waals surface area contributed by atoms with Gasteiger partial charge in [-0.2, -0.15) is 0 Å². The Hall–Kier alpha value is -3.58. The Labute approximate surface area is 161 Å². The maximum atomic E-state index is 12.2. The minimum Gasteiger partial charge on any atom is -0.544 e. The first-order chi connectivity index (χ1) is 13.6. The van der Waals surface area contributed by atoms with Crippen molar-refractivity contribution in [2.75, 3.05) is 5.32 Å². The van der Waals surface area contributed by atoms with Gasteiger partial charge in [0.1, 0.15) is 24.1 Å². The standard InChI is InChI=1S/C21H20N2O5/c24-20(13-19(21(25)26)22-14-18-7-4-12-27-18)23-15-8-10-17(11-9-15)28-16-5-2-1-3-6-16/h1-12,19,22H,13-14H2,(H,23,24)(H,25,26)/t19-/m1/s1. The lowest BCUT2D eigenvalue weighted by Crippen LogP contribution is -2.92. The van der Waals surface area contributed by atoms with E-state index in [2.05, 4.69) is 5.32 Å². The van der Waals surface area contributed by atoms with E-state index in [1.165, 1.54) is 11.6 Å². The van der Waals surface area contributed by atoms with Crippen molar-refractivity contribution in [3.63, 3.8) is 0 Å². The smallest absolute Gasteiger partial charge is 0.230 e. The summed E-state index contributed by atoms with van der Waals surface area (Å²) in [5.41, 5.74) is 0.550. The van der Waals surface area contributed by atoms with Crippen molar-refractivity contribution in [1.29, 1.82) is 0 Å². The number of anilines is 1. The van der Waals surface area contributed by atoms with E-state index < -0.39 is 17.9 Å². The minimum absolute atomic E-state index is 0.217. The van der Waals surface area contributed by atoms with Crippen molar-refractivity contribution in [2.24, 2.45) is 0 Å². The maximum absolute atomic E-state index is 12.2. The molecule has 3 aromatic rings. The van der Waals surface area contributed by atoms with Gasteiger partial charge < -0.3 is 29.7 Å². The summed E-state index contributed by atoms with van der Waals surface area (Å²) < 4.78 is 10.9. The van der Waals surface area contributed by atoms with Gasteiger partial charge in [0.15, 0.2) is 5.76 Å². The van der Waals surface area contributed by atoms with Gasteiger partial charge in [-0.1, -0.05) is 18.2 Å². The Morgan fingerprint density at radius 1 is 1.00 bits per heavy atom. The van der Waals surface area contributed by atoms with Crippen LogP contribution in [0.1, 0.15) is 12.2 Å². The molecule has 0 unspecified atom stereocenters. The zero-order chi connectivity index (χ0) is 19.8. The zero-order valence-corrected chi connectivity index (χ0v) is 15.0. The number of rotatable bonds is 9. The van der Waals surface area contributed by atoms with Crippen LogP contribution in [-0.4, -0.2) is 17.9 Å². The van der Waals surface area contributed by atoms with Crippen LogP contribution in [0.15, 0.2) is 77.4 Å². The first kappa shape index (κ1) is 19.2. The van der Waals surface area contributed by atoms with Gasteiger partial charge in [0.05, 0.1) is 18.7 Å². The van der Waals surface area contributed by atoms with E-state index in [1.807, 2.05) is 30.3 Å². The number of hydrogen-bond donors (Lipinski definition) is 2. The summed E-state index contributed by atoms with van der Waals surface area (Å²) in [5.74, 6) is 0.252. The summed E-state index contributed by atoms with van der Waals surface area (Å²) in [7, 11) is 0. The molecule has 0 radical (unpaired) electrons. The van der Waals surface area contributed by atoms with Gasteiger partial charge in [0.2, 0.25) is 5.91 Å². The predicted molar refractivity (Wildman–Crippen MR) is 99.3 cm³/mol. The lowest BCUT2D eigenvalue weighted by atomic mass is 10.2. The molecule has 28 heavy (non-hydrogen) atoms. The Morgan fingerprint density at radius 3 is 2.36 bits per heavy atom. The summed E-state index contributed by atoms with van der Waals surface area (Å²) in [6, 6.07) is 18.6. The maximum Gasteiger partial charge on any atom is 0.230 e. The first-order valence-corrected chi connectivity index (χ1v) is 8.79. The van der Waals surface area contributed by atoms with E-state index in [-0.39, 0.29) is 6.42 Å². The van der Waals surface area contributed by atoms with E-state index in [0.29, 0.717) is 29.5 Å². The summed E-state index contributed by atoms with van der Waals surface area (Å²) in [4.78, 5) is 23.5. The van der Waals surface area contributed by atoms with Crippen LogP contribution in [0.2, 0.25) is 0 Å². The monoisotopic (exact) mass is 380 g/mol. The number of quaternary nitrogens is 1. The van der Waals surface area contributed by atoms with Crippen LogP contribution in [0.25, 0.3) is 0 Å². The molecule has 3 N–H and O–H groups in total. The molecule has 0 aliphatic heterocycles. The van der Waals surface area contributed by atoms with Gasteiger partial charge in [-0.05, 0) is 48.5 Å². The third-order valence-corrected chi connectivity index (χ3v) is 4.01. The highest BCUT2D eigenvalue weighted by molar-refractivity contribution is 5.93. The van der Waals surface area contributed by atoms with Gasteiger partial charge in [-0.15, -0.1) is 0 Å². The third-order valence-electron chi connectivity index (χ3n) is 4.01. The van der Waals surface area contributed by atoms with Gasteiger partial charge in [-0.25, -0.2) is 0 Å². The lowest BCUT2D eigenvalue weighted by Gasteiger charge is -2.16. The number of carboxylic acids is 1. The van der Waals surface area contributed by atoms with Crippen LogP contribution in [-0.2, 0) is 16.1 Å². The van der Waals surface area contributed by atoms with Crippen LogP contribution in [0.5, 0.6) is 11.5 Å². The van der Waals surface area contributed by atoms with Crippen molar-refractivity contribution in [3.8, 4) is 11.5 Å². The highest BCUT2D eigenvalue weighted by Crippen LogP contribution is 2.22. The average molecular weight is 380 g/mol. The van der Waals surface area contributed by atoms with Crippen LogP contribution in [0.3, 0.4) is 0 Å². The van der Waals surface area contributed by atoms with Gasteiger partial charge in [0.25, 0.3) is 0 Å². The normalized spacial score (nSPS) is 11.6. The number of carboxylic acid groups (broad SMARTS) is 1.